The van der Waals surface area contributed by atoms with Crippen molar-refractivity contribution in [3.8, 4) is 11.1 Å². The smallest absolute Gasteiger partial charge is 0.131 e. The molecule has 3 aromatic carbocycles. The summed E-state index contributed by atoms with van der Waals surface area (Å²) in [6.45, 7) is 2.75. The summed E-state index contributed by atoms with van der Waals surface area (Å²) in [5.41, 5.74) is 3.77. The van der Waals surface area contributed by atoms with Gasteiger partial charge in [0.25, 0.3) is 0 Å². The molecule has 106 valence electrons. The quantitative estimate of drug-likeness (QED) is 0.734. The van der Waals surface area contributed by atoms with Crippen molar-refractivity contribution in [2.24, 2.45) is 0 Å². The molecule has 0 unspecified atom stereocenters. The summed E-state index contributed by atoms with van der Waals surface area (Å²) in [6, 6.07) is 17.7. The van der Waals surface area contributed by atoms with Gasteiger partial charge in [-0.1, -0.05) is 48.5 Å². The molecule has 0 saturated carbocycles. The molecule has 0 spiro atoms. The van der Waals surface area contributed by atoms with E-state index < -0.39 is 0 Å². The molecule has 0 saturated heterocycles. The first-order chi connectivity index (χ1) is 10.2. The largest absolute Gasteiger partial charge is 0.316 e. The number of halogens is 1. The number of benzene rings is 3. The normalized spacial score (nSPS) is 11.0. The maximum atomic E-state index is 14.5. The van der Waals surface area contributed by atoms with Gasteiger partial charge in [-0.2, -0.15) is 0 Å². The summed E-state index contributed by atoms with van der Waals surface area (Å²) >= 11 is 0. The minimum atomic E-state index is -0.170. The van der Waals surface area contributed by atoms with Crippen molar-refractivity contribution in [3.63, 3.8) is 0 Å². The molecule has 0 aromatic heterocycles. The number of rotatable bonds is 3. The van der Waals surface area contributed by atoms with Crippen LogP contribution < -0.4 is 5.32 Å². The summed E-state index contributed by atoms with van der Waals surface area (Å²) < 4.78 is 14.5. The fraction of sp³-hybridized carbons (Fsp3) is 0.158. The molecule has 0 aliphatic carbocycles. The highest BCUT2D eigenvalue weighted by Crippen LogP contribution is 2.32. The van der Waals surface area contributed by atoms with E-state index in [1.165, 1.54) is 10.9 Å². The van der Waals surface area contributed by atoms with Crippen LogP contribution in [-0.4, -0.2) is 7.05 Å². The van der Waals surface area contributed by atoms with E-state index in [-0.39, 0.29) is 5.82 Å². The molecule has 3 rings (SSSR count). The molecule has 0 amide bonds. The molecule has 1 nitrogen and oxygen atoms in total. The molecule has 2 heteroatoms. The Balaban J connectivity index is 2.19. The molecular weight excluding hydrogens is 261 g/mol. The first kappa shape index (κ1) is 13.8. The van der Waals surface area contributed by atoms with Crippen LogP contribution >= 0.6 is 0 Å². The second-order valence-corrected chi connectivity index (χ2v) is 5.32. The number of hydrogen-bond acceptors (Lipinski definition) is 1. The van der Waals surface area contributed by atoms with Gasteiger partial charge in [-0.15, -0.1) is 0 Å². The lowest BCUT2D eigenvalue weighted by Gasteiger charge is -2.11. The SMILES string of the molecule is CNCc1ccc(-c2ccc(C)c3ccccc23)c(F)c1. The zero-order valence-corrected chi connectivity index (χ0v) is 12.3. The number of aryl methyl sites for hydroxylation is 1. The van der Waals surface area contributed by atoms with Crippen molar-refractivity contribution in [2.75, 3.05) is 7.05 Å². The molecule has 0 aliphatic rings. The third kappa shape index (κ3) is 2.55. The monoisotopic (exact) mass is 279 g/mol. The first-order valence-electron chi connectivity index (χ1n) is 7.12. The molecule has 1 N–H and O–H groups in total. The Morgan fingerprint density at radius 1 is 0.905 bits per heavy atom. The highest BCUT2D eigenvalue weighted by Gasteiger charge is 2.10. The zero-order valence-electron chi connectivity index (χ0n) is 12.3. The van der Waals surface area contributed by atoms with Crippen LogP contribution in [0.5, 0.6) is 0 Å². The second kappa shape index (κ2) is 5.66. The Morgan fingerprint density at radius 2 is 1.62 bits per heavy atom. The number of fused-ring (bicyclic) bond motifs is 1. The van der Waals surface area contributed by atoms with Gasteiger partial charge in [0.2, 0.25) is 0 Å². The van der Waals surface area contributed by atoms with E-state index in [4.69, 9.17) is 0 Å². The van der Waals surface area contributed by atoms with Crippen molar-refractivity contribution >= 4 is 10.8 Å². The van der Waals surface area contributed by atoms with Gasteiger partial charge in [0.05, 0.1) is 0 Å². The highest BCUT2D eigenvalue weighted by molar-refractivity contribution is 5.98. The fourth-order valence-corrected chi connectivity index (χ4v) is 2.78. The van der Waals surface area contributed by atoms with E-state index in [0.717, 1.165) is 16.5 Å². The van der Waals surface area contributed by atoms with E-state index in [0.29, 0.717) is 12.1 Å². The van der Waals surface area contributed by atoms with Crippen molar-refractivity contribution < 1.29 is 4.39 Å². The Morgan fingerprint density at radius 3 is 2.33 bits per heavy atom. The van der Waals surface area contributed by atoms with Gasteiger partial charge in [0.1, 0.15) is 5.82 Å². The Kier molecular flexibility index (Phi) is 3.72. The molecule has 0 bridgehead atoms. The summed E-state index contributed by atoms with van der Waals surface area (Å²) in [5, 5.41) is 5.31. The molecule has 0 fully saturated rings. The molecule has 21 heavy (non-hydrogen) atoms. The maximum absolute atomic E-state index is 14.5. The third-order valence-electron chi connectivity index (χ3n) is 3.85. The van der Waals surface area contributed by atoms with Gasteiger partial charge < -0.3 is 5.32 Å². The molecule has 0 heterocycles. The first-order valence-corrected chi connectivity index (χ1v) is 7.12. The topological polar surface area (TPSA) is 12.0 Å². The lowest BCUT2D eigenvalue weighted by atomic mass is 9.94. The molecule has 0 aliphatic heterocycles. The molecule has 0 radical (unpaired) electrons. The van der Waals surface area contributed by atoms with Crippen molar-refractivity contribution in [1.82, 2.24) is 5.32 Å². The van der Waals surface area contributed by atoms with Gasteiger partial charge in [0, 0.05) is 12.1 Å². The third-order valence-corrected chi connectivity index (χ3v) is 3.85. The van der Waals surface area contributed by atoms with Gasteiger partial charge in [0.15, 0.2) is 0 Å². The van der Waals surface area contributed by atoms with Crippen LogP contribution in [0, 0.1) is 12.7 Å². The predicted molar refractivity (Wildman–Crippen MR) is 86.8 cm³/mol. The van der Waals surface area contributed by atoms with Crippen LogP contribution in [0.25, 0.3) is 21.9 Å². The Labute approximate surface area is 124 Å². The molecule has 3 aromatic rings. The standard InChI is InChI=1S/C19H18FN/c1-13-7-9-17(16-6-4-3-5-15(13)16)18-10-8-14(12-21-2)11-19(18)20/h3-11,21H,12H2,1-2H3. The van der Waals surface area contributed by atoms with Crippen LogP contribution in [0.3, 0.4) is 0 Å². The second-order valence-electron chi connectivity index (χ2n) is 5.32. The zero-order chi connectivity index (χ0) is 14.8. The Bertz CT molecular complexity index is 793. The van der Waals surface area contributed by atoms with E-state index in [9.17, 15) is 4.39 Å². The van der Waals surface area contributed by atoms with E-state index in [1.807, 2.05) is 37.4 Å². The van der Waals surface area contributed by atoms with Crippen LogP contribution in [0.2, 0.25) is 0 Å². The van der Waals surface area contributed by atoms with E-state index in [1.54, 1.807) is 6.07 Å². The fourth-order valence-electron chi connectivity index (χ4n) is 2.78. The van der Waals surface area contributed by atoms with Gasteiger partial charge in [-0.05, 0) is 47.5 Å². The predicted octanol–water partition coefficient (Wildman–Crippen LogP) is 4.67. The summed E-state index contributed by atoms with van der Waals surface area (Å²) in [4.78, 5) is 0. The van der Waals surface area contributed by atoms with Crippen LogP contribution in [0.4, 0.5) is 4.39 Å². The molecular formula is C19H18FN. The minimum absolute atomic E-state index is 0.170. The minimum Gasteiger partial charge on any atom is -0.316 e. The average molecular weight is 279 g/mol. The van der Waals surface area contributed by atoms with E-state index in [2.05, 4.69) is 30.4 Å². The van der Waals surface area contributed by atoms with Gasteiger partial charge in [-0.25, -0.2) is 4.39 Å². The molecule has 0 atom stereocenters. The Hall–Kier alpha value is -2.19. The van der Waals surface area contributed by atoms with Crippen molar-refractivity contribution in [3.05, 3.63) is 71.5 Å². The number of nitrogens with one attached hydrogen (secondary N) is 1. The van der Waals surface area contributed by atoms with Crippen LogP contribution in [0.15, 0.2) is 54.6 Å². The summed E-state index contributed by atoms with van der Waals surface area (Å²) in [6.07, 6.45) is 0. The van der Waals surface area contributed by atoms with Crippen LogP contribution in [0.1, 0.15) is 11.1 Å². The van der Waals surface area contributed by atoms with Crippen molar-refractivity contribution in [2.45, 2.75) is 13.5 Å². The maximum Gasteiger partial charge on any atom is 0.131 e. The highest BCUT2D eigenvalue weighted by atomic mass is 19.1. The van der Waals surface area contributed by atoms with Crippen LogP contribution in [-0.2, 0) is 6.54 Å². The lowest BCUT2D eigenvalue weighted by molar-refractivity contribution is 0.627. The number of hydrogen-bond donors (Lipinski definition) is 1. The average Bonchev–Trinajstić information content (AvgIpc) is 2.49. The van der Waals surface area contributed by atoms with Gasteiger partial charge in [-0.3, -0.25) is 0 Å². The summed E-state index contributed by atoms with van der Waals surface area (Å²) in [5.74, 6) is -0.170. The van der Waals surface area contributed by atoms with Crippen molar-refractivity contribution in [1.29, 1.82) is 0 Å². The summed E-state index contributed by atoms with van der Waals surface area (Å²) in [7, 11) is 1.86. The lowest BCUT2D eigenvalue weighted by Crippen LogP contribution is -2.05. The van der Waals surface area contributed by atoms with E-state index >= 15 is 0 Å². The van der Waals surface area contributed by atoms with Gasteiger partial charge >= 0.3 is 0 Å².